The minimum Gasteiger partial charge on any atom is -0.347 e. The first-order valence-electron chi connectivity index (χ1n) is 8.26. The van der Waals surface area contributed by atoms with Gasteiger partial charge in [-0.05, 0) is 38.4 Å². The molecule has 1 unspecified atom stereocenters. The monoisotopic (exact) mass is 344 g/mol. The number of amides is 1. The number of benzene rings is 1. The van der Waals surface area contributed by atoms with Crippen LogP contribution in [0.3, 0.4) is 0 Å². The fourth-order valence-electron chi connectivity index (χ4n) is 3.00. The molecule has 1 atom stereocenters. The largest absolute Gasteiger partial charge is 0.347 e. The standard InChI is InChI=1S/C18H24N4OS/c1-13-6-8-14(9-7-13)19-18-20-15(12-24-18)11-22-10-4-5-16(22)17(23)21(2)3/h6-9,12,16H,4-5,10-11H2,1-3H3,(H,19,20). The number of thiazole rings is 1. The minimum atomic E-state index is -0.00444. The van der Waals surface area contributed by atoms with Gasteiger partial charge in [0.1, 0.15) is 0 Å². The molecule has 0 bridgehead atoms. The molecule has 0 spiro atoms. The van der Waals surface area contributed by atoms with Gasteiger partial charge in [-0.1, -0.05) is 17.7 Å². The van der Waals surface area contributed by atoms with E-state index in [-0.39, 0.29) is 11.9 Å². The summed E-state index contributed by atoms with van der Waals surface area (Å²) >= 11 is 1.60. The average Bonchev–Trinajstić information content (AvgIpc) is 3.19. The second kappa shape index (κ2) is 7.32. The predicted molar refractivity (Wildman–Crippen MR) is 98.7 cm³/mol. The molecule has 1 aromatic heterocycles. The van der Waals surface area contributed by atoms with Gasteiger partial charge in [0.25, 0.3) is 0 Å². The van der Waals surface area contributed by atoms with E-state index in [0.29, 0.717) is 0 Å². The van der Waals surface area contributed by atoms with Gasteiger partial charge in [0.05, 0.1) is 11.7 Å². The Hall–Kier alpha value is -1.92. The highest BCUT2D eigenvalue weighted by Crippen LogP contribution is 2.25. The molecule has 5 nitrogen and oxygen atoms in total. The van der Waals surface area contributed by atoms with Crippen LogP contribution in [0.1, 0.15) is 24.1 Å². The molecular weight excluding hydrogens is 320 g/mol. The van der Waals surface area contributed by atoms with Crippen molar-refractivity contribution in [1.29, 1.82) is 0 Å². The van der Waals surface area contributed by atoms with Crippen LogP contribution >= 0.6 is 11.3 Å². The second-order valence-electron chi connectivity index (χ2n) is 6.50. The zero-order valence-corrected chi connectivity index (χ0v) is 15.3. The Morgan fingerprint density at radius 1 is 1.38 bits per heavy atom. The molecule has 128 valence electrons. The van der Waals surface area contributed by atoms with Crippen LogP contribution in [-0.2, 0) is 11.3 Å². The summed E-state index contributed by atoms with van der Waals surface area (Å²) in [6.45, 7) is 3.77. The molecule has 2 aromatic rings. The van der Waals surface area contributed by atoms with E-state index in [4.69, 9.17) is 0 Å². The lowest BCUT2D eigenvalue weighted by Crippen LogP contribution is -2.42. The number of hydrogen-bond acceptors (Lipinski definition) is 5. The van der Waals surface area contributed by atoms with Crippen molar-refractivity contribution in [2.75, 3.05) is 26.0 Å². The number of likely N-dealkylation sites (N-methyl/N-ethyl adjacent to an activating group) is 1. The Labute approximate surface area is 147 Å². The lowest BCUT2D eigenvalue weighted by atomic mass is 10.2. The zero-order valence-electron chi connectivity index (χ0n) is 14.5. The van der Waals surface area contributed by atoms with Crippen molar-refractivity contribution in [1.82, 2.24) is 14.8 Å². The lowest BCUT2D eigenvalue weighted by Gasteiger charge is -2.25. The van der Waals surface area contributed by atoms with Crippen LogP contribution in [0, 0.1) is 6.92 Å². The molecule has 1 amide bonds. The minimum absolute atomic E-state index is 0.00444. The number of nitrogens with zero attached hydrogens (tertiary/aromatic N) is 3. The molecule has 3 rings (SSSR count). The molecule has 6 heteroatoms. The van der Waals surface area contributed by atoms with Gasteiger partial charge in [0.15, 0.2) is 5.13 Å². The number of carbonyl (C=O) groups excluding carboxylic acids is 1. The van der Waals surface area contributed by atoms with Crippen molar-refractivity contribution in [3.8, 4) is 0 Å². The molecule has 0 saturated carbocycles. The molecule has 1 saturated heterocycles. The van der Waals surface area contributed by atoms with Crippen molar-refractivity contribution in [3.63, 3.8) is 0 Å². The molecule has 1 fully saturated rings. The van der Waals surface area contributed by atoms with Gasteiger partial charge >= 0.3 is 0 Å². The quantitative estimate of drug-likeness (QED) is 0.904. The van der Waals surface area contributed by atoms with E-state index >= 15 is 0 Å². The summed E-state index contributed by atoms with van der Waals surface area (Å²) in [6, 6.07) is 8.28. The lowest BCUT2D eigenvalue weighted by molar-refractivity contribution is -0.133. The van der Waals surface area contributed by atoms with Gasteiger partial charge in [-0.2, -0.15) is 0 Å². The van der Waals surface area contributed by atoms with E-state index in [9.17, 15) is 4.79 Å². The molecule has 1 aromatic carbocycles. The third-order valence-electron chi connectivity index (χ3n) is 4.31. The molecule has 1 N–H and O–H groups in total. The highest BCUT2D eigenvalue weighted by molar-refractivity contribution is 7.13. The van der Waals surface area contributed by atoms with E-state index in [0.717, 1.165) is 42.4 Å². The topological polar surface area (TPSA) is 48.5 Å². The van der Waals surface area contributed by atoms with Crippen LogP contribution in [-0.4, -0.2) is 47.4 Å². The van der Waals surface area contributed by atoms with Gasteiger partial charge in [-0.15, -0.1) is 11.3 Å². The molecule has 0 aliphatic carbocycles. The second-order valence-corrected chi connectivity index (χ2v) is 7.35. The maximum Gasteiger partial charge on any atom is 0.239 e. The Balaban J connectivity index is 1.63. The zero-order chi connectivity index (χ0) is 17.1. The van der Waals surface area contributed by atoms with Crippen LogP contribution in [0.4, 0.5) is 10.8 Å². The molecule has 1 aliphatic rings. The Kier molecular flexibility index (Phi) is 5.16. The van der Waals surface area contributed by atoms with Gasteiger partial charge in [-0.3, -0.25) is 9.69 Å². The average molecular weight is 344 g/mol. The first-order valence-corrected chi connectivity index (χ1v) is 9.14. The molecule has 24 heavy (non-hydrogen) atoms. The number of aromatic nitrogens is 1. The van der Waals surface area contributed by atoms with E-state index < -0.39 is 0 Å². The summed E-state index contributed by atoms with van der Waals surface area (Å²) in [4.78, 5) is 20.9. The normalized spacial score (nSPS) is 17.9. The fraction of sp³-hybridized carbons (Fsp3) is 0.444. The van der Waals surface area contributed by atoms with E-state index in [1.54, 1.807) is 16.2 Å². The van der Waals surface area contributed by atoms with Crippen LogP contribution in [0.25, 0.3) is 0 Å². The maximum atomic E-state index is 12.3. The molecule has 1 aliphatic heterocycles. The first-order chi connectivity index (χ1) is 11.5. The van der Waals surface area contributed by atoms with E-state index in [1.807, 2.05) is 14.1 Å². The SMILES string of the molecule is Cc1ccc(Nc2nc(CN3CCCC3C(=O)N(C)C)cs2)cc1. The number of carbonyl (C=O) groups is 1. The number of likely N-dealkylation sites (tertiary alicyclic amines) is 1. The highest BCUT2D eigenvalue weighted by Gasteiger charge is 2.31. The van der Waals surface area contributed by atoms with Gasteiger partial charge < -0.3 is 10.2 Å². The Morgan fingerprint density at radius 3 is 2.83 bits per heavy atom. The van der Waals surface area contributed by atoms with E-state index in [1.165, 1.54) is 5.56 Å². The maximum absolute atomic E-state index is 12.3. The van der Waals surface area contributed by atoms with Crippen molar-refractivity contribution in [3.05, 3.63) is 40.9 Å². The number of hydrogen-bond donors (Lipinski definition) is 1. The first kappa shape index (κ1) is 16.9. The van der Waals surface area contributed by atoms with Gasteiger partial charge in [0, 0.05) is 31.7 Å². The van der Waals surface area contributed by atoms with Gasteiger partial charge in [0.2, 0.25) is 5.91 Å². The Bertz CT molecular complexity index is 695. The number of nitrogens with one attached hydrogen (secondary N) is 1. The van der Waals surface area contributed by atoms with Crippen LogP contribution in [0.5, 0.6) is 0 Å². The predicted octanol–water partition coefficient (Wildman–Crippen LogP) is 3.25. The van der Waals surface area contributed by atoms with Crippen molar-refractivity contribution >= 4 is 28.1 Å². The summed E-state index contributed by atoms with van der Waals surface area (Å²) < 4.78 is 0. The Morgan fingerprint density at radius 2 is 2.12 bits per heavy atom. The number of rotatable bonds is 5. The fourth-order valence-corrected chi connectivity index (χ4v) is 3.72. The van der Waals surface area contributed by atoms with Crippen LogP contribution < -0.4 is 5.32 Å². The summed E-state index contributed by atoms with van der Waals surface area (Å²) in [5.74, 6) is 0.195. The van der Waals surface area contributed by atoms with Crippen LogP contribution in [0.2, 0.25) is 0 Å². The van der Waals surface area contributed by atoms with Crippen LogP contribution in [0.15, 0.2) is 29.6 Å². The molecule has 0 radical (unpaired) electrons. The third kappa shape index (κ3) is 3.94. The summed E-state index contributed by atoms with van der Waals surface area (Å²) in [5.41, 5.74) is 3.31. The summed E-state index contributed by atoms with van der Waals surface area (Å²) in [6.07, 6.45) is 2.01. The smallest absolute Gasteiger partial charge is 0.239 e. The van der Waals surface area contributed by atoms with Gasteiger partial charge in [-0.25, -0.2) is 4.98 Å². The summed E-state index contributed by atoms with van der Waals surface area (Å²) in [7, 11) is 3.65. The van der Waals surface area contributed by atoms with Crippen molar-refractivity contribution in [2.24, 2.45) is 0 Å². The van der Waals surface area contributed by atoms with Crippen molar-refractivity contribution < 1.29 is 4.79 Å². The van der Waals surface area contributed by atoms with Crippen molar-refractivity contribution in [2.45, 2.75) is 32.4 Å². The number of aryl methyl sites for hydroxylation is 1. The summed E-state index contributed by atoms with van der Waals surface area (Å²) in [5, 5.41) is 6.31. The number of anilines is 2. The molecule has 2 heterocycles. The molecular formula is C18H24N4OS. The van der Waals surface area contributed by atoms with E-state index in [2.05, 4.69) is 51.8 Å². The highest BCUT2D eigenvalue weighted by atomic mass is 32.1. The third-order valence-corrected chi connectivity index (χ3v) is 5.12.